The van der Waals surface area contributed by atoms with Crippen LogP contribution in [0.25, 0.3) is 0 Å². The average Bonchev–Trinajstić information content (AvgIpc) is 2.61. The van der Waals surface area contributed by atoms with Gasteiger partial charge in [0.1, 0.15) is 18.0 Å². The van der Waals surface area contributed by atoms with Crippen molar-refractivity contribution in [1.29, 1.82) is 0 Å². The fourth-order valence-corrected chi connectivity index (χ4v) is 3.53. The van der Waals surface area contributed by atoms with Crippen LogP contribution in [0.15, 0.2) is 36.7 Å². The largest absolute Gasteiger partial charge is 0.379 e. The Morgan fingerprint density at radius 1 is 1.12 bits per heavy atom. The summed E-state index contributed by atoms with van der Waals surface area (Å²) < 4.78 is 5.36. The van der Waals surface area contributed by atoms with Crippen molar-refractivity contribution in [1.82, 2.24) is 14.9 Å². The van der Waals surface area contributed by atoms with E-state index in [1.807, 2.05) is 6.07 Å². The van der Waals surface area contributed by atoms with Gasteiger partial charge in [0.2, 0.25) is 0 Å². The predicted molar refractivity (Wildman–Crippen MR) is 108 cm³/mol. The standard InChI is InChI=1S/C18H26N5OP/c1-25(2,3)16-6-4-15(5-7-16)22-18-12-17(19-13-20-18)21-14-23-8-10-24-11-9-23/h4-7,12-13H,1,8-11,14H2,2-3H3,(H2,19,20,21,22). The predicted octanol–water partition coefficient (Wildman–Crippen LogP) is 2.26. The average molecular weight is 359 g/mol. The molecule has 3 rings (SSSR count). The first-order valence-corrected chi connectivity index (χ1v) is 11.3. The van der Waals surface area contributed by atoms with Gasteiger partial charge in [0.15, 0.2) is 0 Å². The molecule has 1 aliphatic heterocycles. The van der Waals surface area contributed by atoms with Crippen molar-refractivity contribution in [3.05, 3.63) is 36.7 Å². The normalized spacial score (nSPS) is 15.8. The molecule has 2 heterocycles. The molecule has 0 aliphatic carbocycles. The molecule has 0 radical (unpaired) electrons. The summed E-state index contributed by atoms with van der Waals surface area (Å²) in [5.41, 5.74) is 1.01. The van der Waals surface area contributed by atoms with Crippen LogP contribution in [0.1, 0.15) is 0 Å². The summed E-state index contributed by atoms with van der Waals surface area (Å²) in [4.78, 5) is 10.9. The monoisotopic (exact) mass is 359 g/mol. The van der Waals surface area contributed by atoms with E-state index in [9.17, 15) is 0 Å². The lowest BCUT2D eigenvalue weighted by Gasteiger charge is -2.26. The van der Waals surface area contributed by atoms with E-state index in [0.717, 1.165) is 50.3 Å². The first kappa shape index (κ1) is 17.9. The van der Waals surface area contributed by atoms with E-state index in [2.05, 4.69) is 69.4 Å². The van der Waals surface area contributed by atoms with E-state index in [-0.39, 0.29) is 0 Å². The first-order valence-electron chi connectivity index (χ1n) is 8.43. The minimum Gasteiger partial charge on any atom is -0.379 e. The maximum absolute atomic E-state index is 5.36. The summed E-state index contributed by atoms with van der Waals surface area (Å²) in [5, 5.41) is 7.99. The molecular weight excluding hydrogens is 333 g/mol. The van der Waals surface area contributed by atoms with Crippen LogP contribution in [0.5, 0.6) is 0 Å². The molecule has 6 nitrogen and oxygen atoms in total. The molecule has 1 aliphatic rings. The van der Waals surface area contributed by atoms with Crippen LogP contribution in [0, 0.1) is 0 Å². The van der Waals surface area contributed by atoms with Crippen molar-refractivity contribution in [2.45, 2.75) is 0 Å². The number of anilines is 3. The van der Waals surface area contributed by atoms with Gasteiger partial charge in [-0.05, 0) is 30.8 Å². The van der Waals surface area contributed by atoms with Crippen molar-refractivity contribution in [3.63, 3.8) is 0 Å². The van der Waals surface area contributed by atoms with Crippen molar-refractivity contribution < 1.29 is 4.74 Å². The van der Waals surface area contributed by atoms with Gasteiger partial charge in [-0.3, -0.25) is 4.90 Å². The first-order chi connectivity index (χ1) is 12.0. The molecule has 2 aromatic rings. The highest BCUT2D eigenvalue weighted by Gasteiger charge is 2.10. The van der Waals surface area contributed by atoms with E-state index in [0.29, 0.717) is 0 Å². The third-order valence-electron chi connectivity index (χ3n) is 4.09. The number of hydrogen-bond acceptors (Lipinski definition) is 6. The van der Waals surface area contributed by atoms with E-state index in [1.54, 1.807) is 6.33 Å². The lowest BCUT2D eigenvalue weighted by molar-refractivity contribution is 0.0414. The van der Waals surface area contributed by atoms with Crippen LogP contribution >= 0.6 is 6.89 Å². The topological polar surface area (TPSA) is 62.3 Å². The summed E-state index contributed by atoms with van der Waals surface area (Å²) in [7, 11) is 0. The van der Waals surface area contributed by atoms with Crippen LogP contribution in [-0.2, 0) is 4.74 Å². The smallest absolute Gasteiger partial charge is 0.135 e. The Kier molecular flexibility index (Phi) is 5.74. The quantitative estimate of drug-likeness (QED) is 0.772. The number of morpholine rings is 1. The fourth-order valence-electron chi connectivity index (χ4n) is 2.57. The molecule has 0 unspecified atom stereocenters. The van der Waals surface area contributed by atoms with Crippen LogP contribution in [0.2, 0.25) is 0 Å². The lowest BCUT2D eigenvalue weighted by atomic mass is 10.3. The highest BCUT2D eigenvalue weighted by atomic mass is 31.2. The summed E-state index contributed by atoms with van der Waals surface area (Å²) in [6.45, 7) is 7.44. The molecule has 134 valence electrons. The number of ether oxygens (including phenoxy) is 1. The van der Waals surface area contributed by atoms with Crippen molar-refractivity contribution >= 4 is 35.8 Å². The zero-order chi connectivity index (χ0) is 17.7. The van der Waals surface area contributed by atoms with Crippen LogP contribution in [0.3, 0.4) is 0 Å². The van der Waals surface area contributed by atoms with Gasteiger partial charge in [0.25, 0.3) is 0 Å². The van der Waals surface area contributed by atoms with Gasteiger partial charge in [-0.1, -0.05) is 25.3 Å². The Balaban J connectivity index is 1.60. The molecule has 1 aromatic heterocycles. The second kappa shape index (κ2) is 8.00. The molecule has 1 aromatic carbocycles. The van der Waals surface area contributed by atoms with Crippen LogP contribution in [-0.4, -0.2) is 67.5 Å². The van der Waals surface area contributed by atoms with Gasteiger partial charge in [-0.2, -0.15) is 0 Å². The van der Waals surface area contributed by atoms with Crippen molar-refractivity contribution in [3.8, 4) is 0 Å². The molecule has 7 heteroatoms. The third kappa shape index (κ3) is 5.30. The summed E-state index contributed by atoms with van der Waals surface area (Å²) in [6, 6.07) is 10.4. The number of nitrogens with one attached hydrogen (secondary N) is 2. The minimum atomic E-state index is -1.23. The SMILES string of the molecule is C=P(C)(C)c1ccc(Nc2cc(NCN3CCOCC3)ncn2)cc1. The van der Waals surface area contributed by atoms with Gasteiger partial charge in [-0.25, -0.2) is 9.97 Å². The van der Waals surface area contributed by atoms with E-state index in [4.69, 9.17) is 4.74 Å². The highest BCUT2D eigenvalue weighted by Crippen LogP contribution is 2.34. The van der Waals surface area contributed by atoms with E-state index >= 15 is 0 Å². The van der Waals surface area contributed by atoms with E-state index < -0.39 is 6.89 Å². The molecule has 0 atom stereocenters. The Labute approximate surface area is 149 Å². The number of nitrogens with zero attached hydrogens (tertiary/aromatic N) is 3. The second-order valence-electron chi connectivity index (χ2n) is 6.71. The van der Waals surface area contributed by atoms with Gasteiger partial charge >= 0.3 is 0 Å². The van der Waals surface area contributed by atoms with Gasteiger partial charge in [-0.15, -0.1) is 0 Å². The van der Waals surface area contributed by atoms with Crippen molar-refractivity contribution in [2.24, 2.45) is 0 Å². The highest BCUT2D eigenvalue weighted by molar-refractivity contribution is 7.79. The van der Waals surface area contributed by atoms with Crippen LogP contribution < -0.4 is 15.9 Å². The van der Waals surface area contributed by atoms with Crippen molar-refractivity contribution in [2.75, 3.05) is 56.9 Å². The number of aromatic nitrogens is 2. The molecule has 1 saturated heterocycles. The summed E-state index contributed by atoms with van der Waals surface area (Å²) in [6.07, 6.45) is 5.85. The Morgan fingerprint density at radius 2 is 1.80 bits per heavy atom. The van der Waals surface area contributed by atoms with Crippen LogP contribution in [0.4, 0.5) is 17.3 Å². The molecular formula is C18H26N5OP. The lowest BCUT2D eigenvalue weighted by Crippen LogP contribution is -2.39. The Bertz CT molecular complexity index is 737. The fraction of sp³-hybridized carbons (Fsp3) is 0.389. The zero-order valence-corrected chi connectivity index (χ0v) is 15.8. The van der Waals surface area contributed by atoms with E-state index in [1.165, 1.54) is 5.30 Å². The third-order valence-corrected chi connectivity index (χ3v) is 5.79. The summed E-state index contributed by atoms with van der Waals surface area (Å²) >= 11 is 0. The molecule has 2 N–H and O–H groups in total. The van der Waals surface area contributed by atoms with Gasteiger partial charge in [0.05, 0.1) is 19.9 Å². The van der Waals surface area contributed by atoms with Gasteiger partial charge < -0.3 is 15.4 Å². The molecule has 0 saturated carbocycles. The Morgan fingerprint density at radius 3 is 2.48 bits per heavy atom. The number of rotatable bonds is 6. The zero-order valence-electron chi connectivity index (χ0n) is 14.9. The molecule has 1 fully saturated rings. The van der Waals surface area contributed by atoms with Gasteiger partial charge in [0, 0.05) is 24.8 Å². The Hall–Kier alpha value is -1.88. The number of benzene rings is 1. The second-order valence-corrected chi connectivity index (χ2v) is 10.6. The number of hydrogen-bond donors (Lipinski definition) is 2. The molecule has 0 spiro atoms. The minimum absolute atomic E-state index is 0.761. The maximum Gasteiger partial charge on any atom is 0.135 e. The molecule has 0 bridgehead atoms. The maximum atomic E-state index is 5.36. The molecule has 0 amide bonds. The molecule has 25 heavy (non-hydrogen) atoms. The summed E-state index contributed by atoms with van der Waals surface area (Å²) in [5.74, 6) is 1.58.